The number of aryl methyl sites for hydroxylation is 1. The van der Waals surface area contributed by atoms with E-state index in [1.807, 2.05) is 26.2 Å². The van der Waals surface area contributed by atoms with Crippen LogP contribution >= 0.6 is 21.6 Å². The van der Waals surface area contributed by atoms with Gasteiger partial charge in [-0.1, -0.05) is 31.6 Å². The molecule has 0 bridgehead atoms. The second-order valence-corrected chi connectivity index (χ2v) is 4.52. The molecule has 0 unspecified atom stereocenters. The molecular formula is C9H18N2S2. The van der Waals surface area contributed by atoms with E-state index in [1.165, 1.54) is 0 Å². The van der Waals surface area contributed by atoms with Gasteiger partial charge >= 0.3 is 0 Å². The fourth-order valence-corrected chi connectivity index (χ4v) is 2.23. The smallest absolute Gasteiger partial charge is 0.178 e. The molecule has 0 fully saturated rings. The van der Waals surface area contributed by atoms with Crippen molar-refractivity contribution in [2.45, 2.75) is 38.9 Å². The van der Waals surface area contributed by atoms with Gasteiger partial charge in [-0.25, -0.2) is 4.98 Å². The summed E-state index contributed by atoms with van der Waals surface area (Å²) in [6, 6.07) is 0. The highest BCUT2D eigenvalue weighted by Crippen LogP contribution is 2.26. The maximum absolute atomic E-state index is 4.23. The fraction of sp³-hybridized carbons (Fsp3) is 0.667. The van der Waals surface area contributed by atoms with Crippen LogP contribution in [0, 0.1) is 0 Å². The van der Waals surface area contributed by atoms with E-state index in [0.29, 0.717) is 0 Å². The third-order valence-electron chi connectivity index (χ3n) is 1.30. The molecular weight excluding hydrogens is 200 g/mol. The Morgan fingerprint density at radius 1 is 1.46 bits per heavy atom. The lowest BCUT2D eigenvalue weighted by Gasteiger charge is -2.02. The van der Waals surface area contributed by atoms with Crippen molar-refractivity contribution in [3.8, 4) is 0 Å². The van der Waals surface area contributed by atoms with Crippen LogP contribution in [0.4, 0.5) is 0 Å². The molecule has 2 nitrogen and oxygen atoms in total. The molecule has 76 valence electrons. The fourth-order valence-electron chi connectivity index (χ4n) is 0.870. The lowest BCUT2D eigenvalue weighted by Crippen LogP contribution is -1.95. The summed E-state index contributed by atoms with van der Waals surface area (Å²) >= 11 is 0. The van der Waals surface area contributed by atoms with E-state index < -0.39 is 0 Å². The summed E-state index contributed by atoms with van der Waals surface area (Å²) in [7, 11) is 3.45. The number of aromatic nitrogens is 2. The zero-order chi connectivity index (χ0) is 10.1. The molecule has 4 heteroatoms. The summed E-state index contributed by atoms with van der Waals surface area (Å²) in [4.78, 5) is 4.23. The van der Waals surface area contributed by atoms with Gasteiger partial charge in [0.1, 0.15) is 0 Å². The predicted octanol–water partition coefficient (Wildman–Crippen LogP) is 3.69. The van der Waals surface area contributed by atoms with E-state index in [-0.39, 0.29) is 0 Å². The van der Waals surface area contributed by atoms with Gasteiger partial charge in [0.2, 0.25) is 0 Å². The molecule has 0 aliphatic carbocycles. The Labute approximate surface area is 88.9 Å². The third-order valence-corrected chi connectivity index (χ3v) is 2.90. The Kier molecular flexibility index (Phi) is 8.45. The molecule has 1 aromatic rings. The molecule has 0 amide bonds. The quantitative estimate of drug-likeness (QED) is 0.718. The van der Waals surface area contributed by atoms with Gasteiger partial charge in [-0.15, -0.1) is 0 Å². The van der Waals surface area contributed by atoms with Crippen molar-refractivity contribution in [3.63, 3.8) is 0 Å². The van der Waals surface area contributed by atoms with Crippen molar-refractivity contribution in [1.29, 1.82) is 0 Å². The summed E-state index contributed by atoms with van der Waals surface area (Å²) < 4.78 is 2.18. The molecule has 1 heterocycles. The molecule has 0 aromatic carbocycles. The number of hydrogen-bond acceptors (Lipinski definition) is 3. The summed E-state index contributed by atoms with van der Waals surface area (Å²) in [5, 5.41) is 1.11. The summed E-state index contributed by atoms with van der Waals surface area (Å²) in [6.45, 7) is 7.25. The minimum absolute atomic E-state index is 1.07. The molecule has 0 N–H and O–H groups in total. The van der Waals surface area contributed by atoms with E-state index in [4.69, 9.17) is 0 Å². The van der Waals surface area contributed by atoms with Crippen molar-refractivity contribution >= 4 is 21.6 Å². The highest BCUT2D eigenvalue weighted by atomic mass is 33.1. The van der Waals surface area contributed by atoms with Gasteiger partial charge in [0, 0.05) is 18.9 Å². The van der Waals surface area contributed by atoms with Crippen molar-refractivity contribution in [3.05, 3.63) is 12.4 Å². The Balaban J connectivity index is 0.000000671. The number of nitrogens with zero attached hydrogens (tertiary/aromatic N) is 2. The predicted molar refractivity (Wildman–Crippen MR) is 63.2 cm³/mol. The lowest BCUT2D eigenvalue weighted by atomic mass is 10.5. The zero-order valence-electron chi connectivity index (χ0n) is 8.78. The lowest BCUT2D eigenvalue weighted by molar-refractivity contribution is 0.622. The first-order chi connectivity index (χ1) is 6.38. The van der Waals surface area contributed by atoms with Crippen LogP contribution < -0.4 is 0 Å². The first-order valence-corrected chi connectivity index (χ1v) is 7.16. The number of hydrogen-bond donors (Lipinski definition) is 0. The van der Waals surface area contributed by atoms with Crippen LogP contribution in [-0.4, -0.2) is 15.8 Å². The molecule has 0 atom stereocenters. The molecule has 1 rings (SSSR count). The standard InChI is InChI=1S/C7H12N2S2.C2H6/c1-3-5-9-6-4-8-7(9)11-10-2;1-2/h4,6H,3,5H2,1-2H3;1-2H3. The molecule has 0 saturated heterocycles. The van der Waals surface area contributed by atoms with Gasteiger partial charge in [-0.3, -0.25) is 0 Å². The molecule has 0 aliphatic rings. The van der Waals surface area contributed by atoms with E-state index >= 15 is 0 Å². The Bertz CT molecular complexity index is 191. The Morgan fingerprint density at radius 2 is 2.15 bits per heavy atom. The van der Waals surface area contributed by atoms with Crippen molar-refractivity contribution in [2.24, 2.45) is 0 Å². The van der Waals surface area contributed by atoms with Crippen LogP contribution in [0.3, 0.4) is 0 Å². The second-order valence-electron chi connectivity index (χ2n) is 2.15. The van der Waals surface area contributed by atoms with Gasteiger partial charge in [-0.05, 0) is 23.5 Å². The molecule has 13 heavy (non-hydrogen) atoms. The topological polar surface area (TPSA) is 17.8 Å². The van der Waals surface area contributed by atoms with Crippen LogP contribution in [0.1, 0.15) is 27.2 Å². The maximum Gasteiger partial charge on any atom is 0.178 e. The number of imidazole rings is 1. The van der Waals surface area contributed by atoms with Crippen LogP contribution in [0.25, 0.3) is 0 Å². The average Bonchev–Trinajstić information content (AvgIpc) is 2.58. The van der Waals surface area contributed by atoms with Crippen LogP contribution in [0.2, 0.25) is 0 Å². The van der Waals surface area contributed by atoms with Crippen LogP contribution in [0.5, 0.6) is 0 Å². The van der Waals surface area contributed by atoms with Crippen molar-refractivity contribution < 1.29 is 0 Å². The van der Waals surface area contributed by atoms with Crippen molar-refractivity contribution in [1.82, 2.24) is 9.55 Å². The van der Waals surface area contributed by atoms with Gasteiger partial charge < -0.3 is 4.57 Å². The van der Waals surface area contributed by atoms with E-state index in [9.17, 15) is 0 Å². The maximum atomic E-state index is 4.23. The largest absolute Gasteiger partial charge is 0.325 e. The van der Waals surface area contributed by atoms with Gasteiger partial charge in [-0.2, -0.15) is 0 Å². The summed E-state index contributed by atoms with van der Waals surface area (Å²) in [5.41, 5.74) is 0. The summed E-state index contributed by atoms with van der Waals surface area (Å²) in [6.07, 6.45) is 7.12. The SMILES string of the molecule is CC.CCCn1ccnc1SSC. The van der Waals surface area contributed by atoms with E-state index in [1.54, 1.807) is 21.6 Å². The first kappa shape index (κ1) is 12.9. The molecule has 1 aromatic heterocycles. The third kappa shape index (κ3) is 4.62. The highest BCUT2D eigenvalue weighted by molar-refractivity contribution is 8.76. The van der Waals surface area contributed by atoms with Crippen LogP contribution in [-0.2, 0) is 6.54 Å². The molecule has 0 saturated carbocycles. The average molecular weight is 218 g/mol. The van der Waals surface area contributed by atoms with Crippen LogP contribution in [0.15, 0.2) is 17.6 Å². The second kappa shape index (κ2) is 8.51. The van der Waals surface area contributed by atoms with Gasteiger partial charge in [0.15, 0.2) is 5.16 Å². The minimum atomic E-state index is 1.07. The number of rotatable bonds is 4. The first-order valence-electron chi connectivity index (χ1n) is 4.60. The zero-order valence-corrected chi connectivity index (χ0v) is 10.4. The molecule has 0 aliphatic heterocycles. The van der Waals surface area contributed by atoms with Gasteiger partial charge in [0.25, 0.3) is 0 Å². The minimum Gasteiger partial charge on any atom is -0.325 e. The Hall–Kier alpha value is -0.0900. The van der Waals surface area contributed by atoms with Gasteiger partial charge in [0.05, 0.1) is 0 Å². The van der Waals surface area contributed by atoms with E-state index in [2.05, 4.69) is 22.7 Å². The van der Waals surface area contributed by atoms with E-state index in [0.717, 1.165) is 18.1 Å². The monoisotopic (exact) mass is 218 g/mol. The molecule has 0 spiro atoms. The molecule has 0 radical (unpaired) electrons. The van der Waals surface area contributed by atoms with Crippen molar-refractivity contribution in [2.75, 3.05) is 6.26 Å². The highest BCUT2D eigenvalue weighted by Gasteiger charge is 1.99. The normalized spacial score (nSPS) is 9.23. The summed E-state index contributed by atoms with van der Waals surface area (Å²) in [5.74, 6) is 0. The Morgan fingerprint density at radius 3 is 2.69 bits per heavy atom.